The average molecular weight is 395 g/mol. The number of benzene rings is 1. The molecule has 0 saturated carbocycles. The highest BCUT2D eigenvalue weighted by Crippen LogP contribution is 2.29. The van der Waals surface area contributed by atoms with Gasteiger partial charge in [0.1, 0.15) is 6.04 Å². The minimum absolute atomic E-state index is 0.00177. The van der Waals surface area contributed by atoms with Crippen LogP contribution >= 0.6 is 11.6 Å². The van der Waals surface area contributed by atoms with E-state index in [0.717, 1.165) is 17.9 Å². The molecule has 1 heterocycles. The predicted molar refractivity (Wildman–Crippen MR) is 108 cm³/mol. The van der Waals surface area contributed by atoms with Crippen molar-refractivity contribution in [3.8, 4) is 0 Å². The van der Waals surface area contributed by atoms with Crippen LogP contribution in [0.3, 0.4) is 0 Å². The summed E-state index contributed by atoms with van der Waals surface area (Å²) in [6.45, 7) is 9.55. The van der Waals surface area contributed by atoms with Gasteiger partial charge in [0.2, 0.25) is 5.91 Å². The summed E-state index contributed by atoms with van der Waals surface area (Å²) in [7, 11) is 0. The van der Waals surface area contributed by atoms with E-state index in [9.17, 15) is 9.59 Å². The van der Waals surface area contributed by atoms with E-state index in [1.165, 1.54) is 5.56 Å². The minimum Gasteiger partial charge on any atom is -0.449 e. The van der Waals surface area contributed by atoms with E-state index < -0.39 is 12.1 Å². The number of hydrogen-bond donors (Lipinski definition) is 1. The summed E-state index contributed by atoms with van der Waals surface area (Å²) in [4.78, 5) is 26.8. The van der Waals surface area contributed by atoms with Crippen molar-refractivity contribution in [1.29, 1.82) is 0 Å². The zero-order valence-electron chi connectivity index (χ0n) is 16.7. The first-order valence-corrected chi connectivity index (χ1v) is 10.1. The van der Waals surface area contributed by atoms with Gasteiger partial charge < -0.3 is 15.0 Å². The fourth-order valence-electron chi connectivity index (χ4n) is 3.29. The first-order valence-electron chi connectivity index (χ1n) is 9.75. The van der Waals surface area contributed by atoms with Gasteiger partial charge in [-0.1, -0.05) is 51.4 Å². The van der Waals surface area contributed by atoms with Gasteiger partial charge in [0.25, 0.3) is 0 Å². The number of carbonyl (C=O) groups is 2. The lowest BCUT2D eigenvalue weighted by molar-refractivity contribution is -0.135. The normalized spacial score (nSPS) is 16.5. The van der Waals surface area contributed by atoms with Crippen LogP contribution in [0, 0.1) is 11.8 Å². The van der Waals surface area contributed by atoms with Crippen LogP contribution < -0.4 is 5.32 Å². The fraction of sp³-hybridized carbons (Fsp3) is 0.619. The Morgan fingerprint density at radius 3 is 2.26 bits per heavy atom. The van der Waals surface area contributed by atoms with Gasteiger partial charge in [-0.2, -0.15) is 0 Å². The van der Waals surface area contributed by atoms with Crippen molar-refractivity contribution in [2.75, 3.05) is 19.7 Å². The summed E-state index contributed by atoms with van der Waals surface area (Å²) in [6, 6.07) is 7.39. The molecule has 27 heavy (non-hydrogen) atoms. The molecule has 2 rings (SSSR count). The van der Waals surface area contributed by atoms with Gasteiger partial charge in [-0.3, -0.25) is 4.79 Å². The highest BCUT2D eigenvalue weighted by molar-refractivity contribution is 6.30. The molecule has 1 aromatic carbocycles. The molecule has 1 unspecified atom stereocenters. The van der Waals surface area contributed by atoms with Crippen LogP contribution in [0.4, 0.5) is 4.79 Å². The summed E-state index contributed by atoms with van der Waals surface area (Å²) >= 11 is 5.96. The van der Waals surface area contributed by atoms with Crippen LogP contribution in [0.5, 0.6) is 0 Å². The van der Waals surface area contributed by atoms with Crippen LogP contribution in [0.15, 0.2) is 24.3 Å². The summed E-state index contributed by atoms with van der Waals surface area (Å²) < 4.78 is 5.17. The maximum atomic E-state index is 12.9. The summed E-state index contributed by atoms with van der Waals surface area (Å²) in [5.74, 6) is 0.669. The molecule has 2 amide bonds. The Balaban J connectivity index is 1.91. The first-order chi connectivity index (χ1) is 12.8. The van der Waals surface area contributed by atoms with Gasteiger partial charge in [-0.05, 0) is 48.3 Å². The molecule has 6 heteroatoms. The Kier molecular flexibility index (Phi) is 7.96. The molecule has 0 spiro atoms. The molecule has 5 nitrogen and oxygen atoms in total. The van der Waals surface area contributed by atoms with Crippen LogP contribution in [0.2, 0.25) is 5.02 Å². The van der Waals surface area contributed by atoms with Gasteiger partial charge in [0.15, 0.2) is 0 Å². The average Bonchev–Trinajstić information content (AvgIpc) is 2.64. The van der Waals surface area contributed by atoms with Gasteiger partial charge in [-0.25, -0.2) is 4.79 Å². The van der Waals surface area contributed by atoms with E-state index in [1.807, 2.05) is 44.7 Å². The number of alkyl carbamates (subject to hydrolysis) is 1. The molecular weight excluding hydrogens is 364 g/mol. The fourth-order valence-corrected chi connectivity index (χ4v) is 3.42. The highest BCUT2D eigenvalue weighted by atomic mass is 35.5. The number of ether oxygens (including phenoxy) is 1. The molecule has 0 aliphatic carbocycles. The lowest BCUT2D eigenvalue weighted by atomic mass is 9.89. The molecular formula is C21H31ClN2O3. The number of rotatable bonds is 6. The molecule has 1 aliphatic rings. The van der Waals surface area contributed by atoms with Gasteiger partial charge in [0.05, 0.1) is 6.61 Å². The number of hydrogen-bond acceptors (Lipinski definition) is 3. The molecule has 1 atom stereocenters. The molecule has 0 bridgehead atoms. The Hall–Kier alpha value is -1.75. The Bertz CT molecular complexity index is 623. The molecule has 1 N–H and O–H groups in total. The third kappa shape index (κ3) is 6.42. The van der Waals surface area contributed by atoms with E-state index in [0.29, 0.717) is 25.6 Å². The van der Waals surface area contributed by atoms with E-state index in [2.05, 4.69) is 17.4 Å². The standard InChI is InChI=1S/C21H31ClN2O3/c1-14(2)13-27-21(26)23-19(15(3)4)20(25)24-11-9-17(10-12-24)16-5-7-18(22)8-6-16/h5-8,14-15,17,19H,9-13H2,1-4H3,(H,23,26). The zero-order valence-corrected chi connectivity index (χ0v) is 17.5. The van der Waals surface area contributed by atoms with Crippen molar-refractivity contribution in [1.82, 2.24) is 10.2 Å². The Morgan fingerprint density at radius 2 is 1.74 bits per heavy atom. The number of halogens is 1. The predicted octanol–water partition coefficient (Wildman–Crippen LogP) is 4.45. The molecule has 1 aromatic rings. The van der Waals surface area contributed by atoms with Crippen molar-refractivity contribution in [2.24, 2.45) is 11.8 Å². The number of piperidine rings is 1. The van der Waals surface area contributed by atoms with Crippen molar-refractivity contribution in [3.05, 3.63) is 34.9 Å². The molecule has 1 fully saturated rings. The van der Waals surface area contributed by atoms with E-state index >= 15 is 0 Å². The van der Waals surface area contributed by atoms with Gasteiger partial charge in [0, 0.05) is 18.1 Å². The van der Waals surface area contributed by atoms with Crippen LogP contribution in [-0.2, 0) is 9.53 Å². The van der Waals surface area contributed by atoms with Gasteiger partial charge >= 0.3 is 6.09 Å². The number of amides is 2. The molecule has 1 aliphatic heterocycles. The van der Waals surface area contributed by atoms with Crippen molar-refractivity contribution in [2.45, 2.75) is 52.5 Å². The monoisotopic (exact) mass is 394 g/mol. The summed E-state index contributed by atoms with van der Waals surface area (Å²) in [5.41, 5.74) is 1.27. The molecule has 150 valence electrons. The molecule has 0 aromatic heterocycles. The maximum Gasteiger partial charge on any atom is 0.407 e. The summed E-state index contributed by atoms with van der Waals surface area (Å²) in [5, 5.41) is 3.49. The SMILES string of the molecule is CC(C)COC(=O)NC(C(=O)N1CCC(c2ccc(Cl)cc2)CC1)C(C)C. The Morgan fingerprint density at radius 1 is 1.15 bits per heavy atom. The van der Waals surface area contributed by atoms with Crippen molar-refractivity contribution < 1.29 is 14.3 Å². The summed E-state index contributed by atoms with van der Waals surface area (Å²) in [6.07, 6.45) is 1.30. The molecule has 1 saturated heterocycles. The number of nitrogens with zero attached hydrogens (tertiary/aromatic N) is 1. The second-order valence-electron chi connectivity index (χ2n) is 8.01. The van der Waals surface area contributed by atoms with Crippen molar-refractivity contribution >= 4 is 23.6 Å². The van der Waals surface area contributed by atoms with Crippen LogP contribution in [-0.4, -0.2) is 42.6 Å². The minimum atomic E-state index is -0.559. The zero-order chi connectivity index (χ0) is 20.0. The Labute approximate surface area is 167 Å². The maximum absolute atomic E-state index is 12.9. The van der Waals surface area contributed by atoms with E-state index in [4.69, 9.17) is 16.3 Å². The molecule has 0 radical (unpaired) electrons. The first kappa shape index (κ1) is 21.5. The van der Waals surface area contributed by atoms with Crippen molar-refractivity contribution in [3.63, 3.8) is 0 Å². The van der Waals surface area contributed by atoms with E-state index in [1.54, 1.807) is 0 Å². The number of likely N-dealkylation sites (tertiary alicyclic amines) is 1. The largest absolute Gasteiger partial charge is 0.449 e. The number of carbonyl (C=O) groups excluding carboxylic acids is 2. The van der Waals surface area contributed by atoms with Crippen LogP contribution in [0.25, 0.3) is 0 Å². The van der Waals surface area contributed by atoms with E-state index in [-0.39, 0.29) is 17.7 Å². The third-order valence-corrected chi connectivity index (χ3v) is 5.15. The lowest BCUT2D eigenvalue weighted by Crippen LogP contribution is -2.53. The smallest absolute Gasteiger partial charge is 0.407 e. The highest BCUT2D eigenvalue weighted by Gasteiger charge is 2.31. The lowest BCUT2D eigenvalue weighted by Gasteiger charge is -2.35. The third-order valence-electron chi connectivity index (χ3n) is 4.90. The second kappa shape index (κ2) is 9.98. The number of nitrogens with one attached hydrogen (secondary N) is 1. The quantitative estimate of drug-likeness (QED) is 0.775. The topological polar surface area (TPSA) is 58.6 Å². The van der Waals surface area contributed by atoms with Gasteiger partial charge in [-0.15, -0.1) is 0 Å². The second-order valence-corrected chi connectivity index (χ2v) is 8.45. The van der Waals surface area contributed by atoms with Crippen LogP contribution in [0.1, 0.15) is 52.0 Å².